The zero-order chi connectivity index (χ0) is 12.3. The Morgan fingerprint density at radius 3 is 2.62 bits per heavy atom. The van der Waals surface area contributed by atoms with Crippen molar-refractivity contribution in [3.63, 3.8) is 0 Å². The van der Waals surface area contributed by atoms with Crippen LogP contribution in [0.4, 0.5) is 9.18 Å². The van der Waals surface area contributed by atoms with E-state index >= 15 is 0 Å². The van der Waals surface area contributed by atoms with Gasteiger partial charge in [0, 0.05) is 6.54 Å². The number of piperidine rings is 1. The van der Waals surface area contributed by atoms with Gasteiger partial charge in [-0.05, 0) is 27.2 Å². The number of carbonyl (C=O) groups is 1. The molecule has 1 fully saturated rings. The Bertz CT molecular complexity index is 306. The number of rotatable bonds is 0. The predicted octanol–water partition coefficient (Wildman–Crippen LogP) is 2.11. The number of likely N-dealkylation sites (tertiary alicyclic amines) is 1. The van der Waals surface area contributed by atoms with Gasteiger partial charge in [-0.25, -0.2) is 9.18 Å². The van der Waals surface area contributed by atoms with Crippen LogP contribution in [0.5, 0.6) is 0 Å². The summed E-state index contributed by atoms with van der Waals surface area (Å²) in [4.78, 5) is 12.9. The van der Waals surface area contributed by atoms with Crippen molar-refractivity contribution in [1.29, 1.82) is 5.26 Å². The quantitative estimate of drug-likeness (QED) is 0.638. The molecule has 0 aromatic heterocycles. The van der Waals surface area contributed by atoms with Gasteiger partial charge in [-0.1, -0.05) is 0 Å². The number of nitrogens with zero attached hydrogens (tertiary/aromatic N) is 2. The van der Waals surface area contributed by atoms with Crippen molar-refractivity contribution in [3.05, 3.63) is 0 Å². The van der Waals surface area contributed by atoms with Crippen LogP contribution in [0.15, 0.2) is 0 Å². The van der Waals surface area contributed by atoms with Gasteiger partial charge in [0.25, 0.3) is 0 Å². The Hall–Kier alpha value is -1.31. The average Bonchev–Trinajstić information content (AvgIpc) is 2.15. The maximum Gasteiger partial charge on any atom is 0.410 e. The highest BCUT2D eigenvalue weighted by Crippen LogP contribution is 2.21. The third-order valence-electron chi connectivity index (χ3n) is 2.36. The monoisotopic (exact) mass is 228 g/mol. The molecule has 2 atom stereocenters. The number of hydrogen-bond acceptors (Lipinski definition) is 3. The van der Waals surface area contributed by atoms with Gasteiger partial charge in [0.15, 0.2) is 0 Å². The summed E-state index contributed by atoms with van der Waals surface area (Å²) in [5, 5.41) is 8.65. The first-order valence-corrected chi connectivity index (χ1v) is 5.35. The maximum atomic E-state index is 13.4. The molecule has 1 aliphatic rings. The summed E-state index contributed by atoms with van der Waals surface area (Å²) < 4.78 is 18.6. The van der Waals surface area contributed by atoms with Crippen molar-refractivity contribution >= 4 is 6.09 Å². The van der Waals surface area contributed by atoms with E-state index in [1.807, 2.05) is 6.07 Å². The van der Waals surface area contributed by atoms with Crippen LogP contribution < -0.4 is 0 Å². The highest BCUT2D eigenvalue weighted by molar-refractivity contribution is 5.68. The summed E-state index contributed by atoms with van der Waals surface area (Å²) in [6, 6.07) is 1.91. The molecule has 0 radical (unpaired) electrons. The minimum absolute atomic E-state index is 0.0485. The first kappa shape index (κ1) is 12.8. The molecule has 1 rings (SSSR count). The van der Waals surface area contributed by atoms with Gasteiger partial charge in [0.1, 0.15) is 11.8 Å². The molecule has 90 valence electrons. The number of hydrogen-bond donors (Lipinski definition) is 0. The van der Waals surface area contributed by atoms with Crippen molar-refractivity contribution < 1.29 is 13.9 Å². The van der Waals surface area contributed by atoms with Gasteiger partial charge in [-0.2, -0.15) is 5.26 Å². The number of nitriles is 1. The van der Waals surface area contributed by atoms with E-state index in [0.29, 0.717) is 13.0 Å². The third kappa shape index (κ3) is 3.37. The smallest absolute Gasteiger partial charge is 0.410 e. The van der Waals surface area contributed by atoms with Gasteiger partial charge >= 0.3 is 6.09 Å². The molecule has 0 saturated carbocycles. The summed E-state index contributed by atoms with van der Waals surface area (Å²) >= 11 is 0. The van der Waals surface area contributed by atoms with Crippen molar-refractivity contribution in [2.24, 2.45) is 5.92 Å². The molecule has 5 heteroatoms. The Kier molecular flexibility index (Phi) is 3.74. The number of amides is 1. The second-order valence-corrected chi connectivity index (χ2v) is 4.97. The normalized spacial score (nSPS) is 26.1. The first-order valence-electron chi connectivity index (χ1n) is 5.35. The lowest BCUT2D eigenvalue weighted by Gasteiger charge is -2.33. The lowest BCUT2D eigenvalue weighted by atomic mass is 9.97. The van der Waals surface area contributed by atoms with E-state index in [0.717, 1.165) is 0 Å². The van der Waals surface area contributed by atoms with Crippen LogP contribution in [-0.2, 0) is 4.74 Å². The lowest BCUT2D eigenvalue weighted by molar-refractivity contribution is 0.00962. The molecule has 1 saturated heterocycles. The van der Waals surface area contributed by atoms with Crippen molar-refractivity contribution in [2.45, 2.75) is 39.0 Å². The van der Waals surface area contributed by atoms with E-state index in [1.54, 1.807) is 20.8 Å². The Morgan fingerprint density at radius 1 is 1.56 bits per heavy atom. The fourth-order valence-corrected chi connectivity index (χ4v) is 1.54. The Labute approximate surface area is 95.0 Å². The van der Waals surface area contributed by atoms with E-state index in [9.17, 15) is 9.18 Å². The molecule has 0 unspecified atom stereocenters. The van der Waals surface area contributed by atoms with Gasteiger partial charge in [-0.3, -0.25) is 0 Å². The van der Waals surface area contributed by atoms with Crippen molar-refractivity contribution in [3.8, 4) is 6.07 Å². The molecule has 0 aromatic carbocycles. The van der Waals surface area contributed by atoms with Gasteiger partial charge in [-0.15, -0.1) is 0 Å². The molecule has 0 bridgehead atoms. The van der Waals surface area contributed by atoms with E-state index in [2.05, 4.69) is 0 Å². The zero-order valence-corrected chi connectivity index (χ0v) is 9.86. The van der Waals surface area contributed by atoms with Crippen LogP contribution in [0.25, 0.3) is 0 Å². The van der Waals surface area contributed by atoms with Crippen LogP contribution in [-0.4, -0.2) is 35.9 Å². The standard InChI is InChI=1S/C11H17FN2O2/c1-11(2,3)16-10(15)14-5-4-8(6-13)9(12)7-14/h8-9H,4-5,7H2,1-3H3/t8-,9+/m0/s1. The van der Waals surface area contributed by atoms with Crippen LogP contribution in [0.2, 0.25) is 0 Å². The highest BCUT2D eigenvalue weighted by Gasteiger charge is 2.33. The van der Waals surface area contributed by atoms with Crippen LogP contribution >= 0.6 is 0 Å². The largest absolute Gasteiger partial charge is 0.444 e. The topological polar surface area (TPSA) is 53.3 Å². The van der Waals surface area contributed by atoms with E-state index in [-0.39, 0.29) is 6.54 Å². The van der Waals surface area contributed by atoms with Crippen LogP contribution in [0.1, 0.15) is 27.2 Å². The van der Waals surface area contributed by atoms with Gasteiger partial charge in [0.2, 0.25) is 0 Å². The summed E-state index contributed by atoms with van der Waals surface area (Å²) in [7, 11) is 0. The number of ether oxygens (including phenoxy) is 1. The molecule has 16 heavy (non-hydrogen) atoms. The fraction of sp³-hybridized carbons (Fsp3) is 0.818. The molecule has 1 heterocycles. The average molecular weight is 228 g/mol. The third-order valence-corrected chi connectivity index (χ3v) is 2.36. The fourth-order valence-electron chi connectivity index (χ4n) is 1.54. The maximum absolute atomic E-state index is 13.4. The second-order valence-electron chi connectivity index (χ2n) is 4.97. The predicted molar refractivity (Wildman–Crippen MR) is 56.4 cm³/mol. The minimum atomic E-state index is -1.27. The zero-order valence-electron chi connectivity index (χ0n) is 9.86. The molecular weight excluding hydrogens is 211 g/mol. The molecule has 1 amide bonds. The number of carbonyl (C=O) groups excluding carboxylic acids is 1. The molecule has 1 aliphatic heterocycles. The SMILES string of the molecule is CC(C)(C)OC(=O)N1CC[C@@H](C#N)[C@H](F)C1. The minimum Gasteiger partial charge on any atom is -0.444 e. The molecule has 0 spiro atoms. The van der Waals surface area contributed by atoms with Crippen LogP contribution in [0, 0.1) is 17.2 Å². The van der Waals surface area contributed by atoms with Gasteiger partial charge < -0.3 is 9.64 Å². The summed E-state index contributed by atoms with van der Waals surface area (Å²) in [5.74, 6) is -0.598. The first-order chi connectivity index (χ1) is 7.33. The summed E-state index contributed by atoms with van der Waals surface area (Å²) in [5.41, 5.74) is -0.574. The summed E-state index contributed by atoms with van der Waals surface area (Å²) in [6.07, 6.45) is -1.41. The lowest BCUT2D eigenvalue weighted by Crippen LogP contribution is -2.46. The molecule has 4 nitrogen and oxygen atoms in total. The second kappa shape index (κ2) is 4.69. The van der Waals surface area contributed by atoms with E-state index in [4.69, 9.17) is 10.00 Å². The Balaban J connectivity index is 2.52. The van der Waals surface area contributed by atoms with Crippen molar-refractivity contribution in [2.75, 3.05) is 13.1 Å². The van der Waals surface area contributed by atoms with Crippen molar-refractivity contribution in [1.82, 2.24) is 4.90 Å². The van der Waals surface area contributed by atoms with Crippen LogP contribution in [0.3, 0.4) is 0 Å². The van der Waals surface area contributed by atoms with Gasteiger partial charge in [0.05, 0.1) is 18.5 Å². The molecule has 0 N–H and O–H groups in total. The van der Waals surface area contributed by atoms with E-state index < -0.39 is 23.8 Å². The molecular formula is C11H17FN2O2. The Morgan fingerprint density at radius 2 is 2.19 bits per heavy atom. The van der Waals surface area contributed by atoms with E-state index in [1.165, 1.54) is 4.90 Å². The number of halogens is 1. The summed E-state index contributed by atoms with van der Waals surface area (Å²) in [6.45, 7) is 5.63. The number of alkyl halides is 1. The highest BCUT2D eigenvalue weighted by atomic mass is 19.1. The molecule has 0 aromatic rings. The molecule has 0 aliphatic carbocycles.